The van der Waals surface area contributed by atoms with E-state index < -0.39 is 12.1 Å². The van der Waals surface area contributed by atoms with E-state index >= 15 is 0 Å². The molecule has 2 rings (SSSR count). The number of carbonyl (C=O) groups is 2. The van der Waals surface area contributed by atoms with Crippen LogP contribution in [0.4, 0.5) is 0 Å². The zero-order chi connectivity index (χ0) is 15.2. The molecule has 0 aliphatic rings. The average molecular weight is 290 g/mol. The second kappa shape index (κ2) is 6.90. The molecule has 2 aromatic rings. The summed E-state index contributed by atoms with van der Waals surface area (Å²) in [6.45, 7) is 2.33. The monoisotopic (exact) mass is 290 g/mol. The van der Waals surface area contributed by atoms with Gasteiger partial charge in [0, 0.05) is 30.8 Å². The SMILES string of the molecule is COCCNC(=O)[C@H](C)OC(=O)c1c[nH]c2ccccc12. The van der Waals surface area contributed by atoms with Gasteiger partial charge in [0.2, 0.25) is 0 Å². The number of ether oxygens (including phenoxy) is 2. The Morgan fingerprint density at radius 1 is 1.33 bits per heavy atom. The van der Waals surface area contributed by atoms with Crippen molar-refractivity contribution >= 4 is 22.8 Å². The third kappa shape index (κ3) is 3.61. The van der Waals surface area contributed by atoms with Crippen molar-refractivity contribution in [3.05, 3.63) is 36.0 Å². The van der Waals surface area contributed by atoms with E-state index in [1.807, 2.05) is 24.3 Å². The Hall–Kier alpha value is -2.34. The van der Waals surface area contributed by atoms with Crippen molar-refractivity contribution in [2.75, 3.05) is 20.3 Å². The predicted molar refractivity (Wildman–Crippen MR) is 78.1 cm³/mol. The zero-order valence-corrected chi connectivity index (χ0v) is 12.0. The van der Waals surface area contributed by atoms with Gasteiger partial charge in [-0.15, -0.1) is 0 Å². The molecule has 1 amide bonds. The summed E-state index contributed by atoms with van der Waals surface area (Å²) in [4.78, 5) is 26.8. The summed E-state index contributed by atoms with van der Waals surface area (Å²) in [5.41, 5.74) is 1.27. The number of H-pyrrole nitrogens is 1. The van der Waals surface area contributed by atoms with Crippen LogP contribution in [0, 0.1) is 0 Å². The predicted octanol–water partition coefficient (Wildman–Crippen LogP) is 1.48. The second-order valence-electron chi connectivity index (χ2n) is 4.58. The van der Waals surface area contributed by atoms with Gasteiger partial charge < -0.3 is 19.8 Å². The smallest absolute Gasteiger partial charge is 0.341 e. The lowest BCUT2D eigenvalue weighted by Gasteiger charge is -2.13. The van der Waals surface area contributed by atoms with Crippen LogP contribution in [-0.2, 0) is 14.3 Å². The lowest BCUT2D eigenvalue weighted by molar-refractivity contribution is -0.129. The molecule has 1 atom stereocenters. The lowest BCUT2D eigenvalue weighted by atomic mass is 10.2. The normalized spacial score (nSPS) is 12.1. The topological polar surface area (TPSA) is 80.4 Å². The van der Waals surface area contributed by atoms with Gasteiger partial charge in [-0.1, -0.05) is 18.2 Å². The van der Waals surface area contributed by atoms with E-state index in [2.05, 4.69) is 10.3 Å². The number of aromatic nitrogens is 1. The molecule has 1 aromatic heterocycles. The molecule has 0 saturated heterocycles. The quantitative estimate of drug-likeness (QED) is 0.623. The highest BCUT2D eigenvalue weighted by Crippen LogP contribution is 2.18. The van der Waals surface area contributed by atoms with Gasteiger partial charge in [0.1, 0.15) is 0 Å². The molecule has 0 radical (unpaired) electrons. The maximum absolute atomic E-state index is 12.1. The van der Waals surface area contributed by atoms with Crippen molar-refractivity contribution in [1.82, 2.24) is 10.3 Å². The minimum atomic E-state index is -0.858. The molecule has 1 heterocycles. The van der Waals surface area contributed by atoms with Crippen LogP contribution >= 0.6 is 0 Å². The molecule has 6 nitrogen and oxygen atoms in total. The van der Waals surface area contributed by atoms with Crippen molar-refractivity contribution in [3.8, 4) is 0 Å². The molecule has 0 bridgehead atoms. The Labute approximate surface area is 122 Å². The number of methoxy groups -OCH3 is 1. The first-order valence-electron chi connectivity index (χ1n) is 6.67. The second-order valence-corrected chi connectivity index (χ2v) is 4.58. The Bertz CT molecular complexity index is 635. The maximum atomic E-state index is 12.1. The molecule has 0 unspecified atom stereocenters. The van der Waals surface area contributed by atoms with E-state index in [1.165, 1.54) is 6.92 Å². The highest BCUT2D eigenvalue weighted by molar-refractivity contribution is 6.04. The molecule has 0 aliphatic heterocycles. The lowest BCUT2D eigenvalue weighted by Crippen LogP contribution is -2.37. The first-order chi connectivity index (χ1) is 10.1. The standard InChI is InChI=1S/C15H18N2O4/c1-10(14(18)16-7-8-20-2)21-15(19)12-9-17-13-6-4-3-5-11(12)13/h3-6,9-10,17H,7-8H2,1-2H3,(H,16,18)/t10-/m0/s1. The highest BCUT2D eigenvalue weighted by Gasteiger charge is 2.20. The van der Waals surface area contributed by atoms with Gasteiger partial charge >= 0.3 is 5.97 Å². The summed E-state index contributed by atoms with van der Waals surface area (Å²) in [5.74, 6) is -0.873. The van der Waals surface area contributed by atoms with Gasteiger partial charge in [0.05, 0.1) is 12.2 Å². The number of para-hydroxylation sites is 1. The van der Waals surface area contributed by atoms with E-state index in [-0.39, 0.29) is 5.91 Å². The fourth-order valence-corrected chi connectivity index (χ4v) is 1.94. The van der Waals surface area contributed by atoms with Gasteiger partial charge in [0.15, 0.2) is 6.10 Å². The Morgan fingerprint density at radius 3 is 2.86 bits per heavy atom. The van der Waals surface area contributed by atoms with E-state index in [9.17, 15) is 9.59 Å². The maximum Gasteiger partial charge on any atom is 0.341 e. The summed E-state index contributed by atoms with van der Waals surface area (Å²) in [6.07, 6.45) is 0.728. The van der Waals surface area contributed by atoms with Crippen LogP contribution in [0.3, 0.4) is 0 Å². The van der Waals surface area contributed by atoms with Crippen molar-refractivity contribution in [1.29, 1.82) is 0 Å². The van der Waals surface area contributed by atoms with Crippen LogP contribution in [0.2, 0.25) is 0 Å². The molecule has 1 aromatic carbocycles. The summed E-state index contributed by atoms with van der Waals surface area (Å²) in [7, 11) is 1.55. The minimum Gasteiger partial charge on any atom is -0.449 e. The van der Waals surface area contributed by atoms with Crippen LogP contribution in [0.5, 0.6) is 0 Å². The fourth-order valence-electron chi connectivity index (χ4n) is 1.94. The molecule has 0 aliphatic carbocycles. The largest absolute Gasteiger partial charge is 0.449 e. The van der Waals surface area contributed by atoms with Crippen molar-refractivity contribution in [2.24, 2.45) is 0 Å². The third-order valence-corrected chi connectivity index (χ3v) is 3.07. The number of nitrogens with one attached hydrogen (secondary N) is 2. The number of aromatic amines is 1. The van der Waals surface area contributed by atoms with Gasteiger partial charge in [-0.05, 0) is 13.0 Å². The van der Waals surface area contributed by atoms with Crippen LogP contribution < -0.4 is 5.32 Å². The third-order valence-electron chi connectivity index (χ3n) is 3.07. The van der Waals surface area contributed by atoms with E-state index in [0.717, 1.165) is 10.9 Å². The van der Waals surface area contributed by atoms with Crippen LogP contribution in [0.25, 0.3) is 10.9 Å². The number of hydrogen-bond donors (Lipinski definition) is 2. The fraction of sp³-hybridized carbons (Fsp3) is 0.333. The van der Waals surface area contributed by atoms with Gasteiger partial charge in [-0.3, -0.25) is 4.79 Å². The Kier molecular flexibility index (Phi) is 4.94. The molecule has 0 fully saturated rings. The minimum absolute atomic E-state index is 0.347. The molecule has 0 saturated carbocycles. The van der Waals surface area contributed by atoms with Crippen LogP contribution in [-0.4, -0.2) is 43.2 Å². The van der Waals surface area contributed by atoms with Crippen molar-refractivity contribution in [2.45, 2.75) is 13.0 Å². The summed E-state index contributed by atoms with van der Waals surface area (Å²) in [5, 5.41) is 3.39. The van der Waals surface area contributed by atoms with Crippen LogP contribution in [0.1, 0.15) is 17.3 Å². The summed E-state index contributed by atoms with van der Waals surface area (Å²) < 4.78 is 10.0. The number of carbonyl (C=O) groups excluding carboxylic acids is 2. The van der Waals surface area contributed by atoms with Crippen molar-refractivity contribution < 1.29 is 19.1 Å². The van der Waals surface area contributed by atoms with Crippen LogP contribution in [0.15, 0.2) is 30.5 Å². The number of rotatable bonds is 6. The first-order valence-corrected chi connectivity index (χ1v) is 6.67. The molecule has 0 spiro atoms. The molecular weight excluding hydrogens is 272 g/mol. The summed E-state index contributed by atoms with van der Waals surface area (Å²) >= 11 is 0. The molecule has 2 N–H and O–H groups in total. The summed E-state index contributed by atoms with van der Waals surface area (Å²) in [6, 6.07) is 7.41. The molecule has 21 heavy (non-hydrogen) atoms. The molecular formula is C15H18N2O4. The van der Waals surface area contributed by atoms with E-state index in [4.69, 9.17) is 9.47 Å². The average Bonchev–Trinajstić information content (AvgIpc) is 2.91. The zero-order valence-electron chi connectivity index (χ0n) is 12.0. The highest BCUT2D eigenvalue weighted by atomic mass is 16.5. The number of amides is 1. The van der Waals surface area contributed by atoms with E-state index in [0.29, 0.717) is 18.7 Å². The first kappa shape index (κ1) is 15.1. The number of benzene rings is 1. The van der Waals surface area contributed by atoms with Gasteiger partial charge in [0.25, 0.3) is 5.91 Å². The molecule has 112 valence electrons. The van der Waals surface area contributed by atoms with E-state index in [1.54, 1.807) is 13.3 Å². The number of hydrogen-bond acceptors (Lipinski definition) is 4. The Morgan fingerprint density at radius 2 is 2.10 bits per heavy atom. The van der Waals surface area contributed by atoms with Gasteiger partial charge in [-0.25, -0.2) is 4.79 Å². The number of fused-ring (bicyclic) bond motifs is 1. The van der Waals surface area contributed by atoms with Crippen molar-refractivity contribution in [3.63, 3.8) is 0 Å². The number of esters is 1. The Balaban J connectivity index is 1.99. The van der Waals surface area contributed by atoms with Gasteiger partial charge in [-0.2, -0.15) is 0 Å². The molecule has 6 heteroatoms.